The number of nitro groups is 1. The molecule has 0 aliphatic carbocycles. The van der Waals surface area contributed by atoms with Crippen molar-refractivity contribution in [3.63, 3.8) is 0 Å². The van der Waals surface area contributed by atoms with Crippen LogP contribution in [0.5, 0.6) is 0 Å². The fourth-order valence-electron chi connectivity index (χ4n) is 2.83. The number of carboxylic acid groups (broad SMARTS) is 1. The lowest BCUT2D eigenvalue weighted by Crippen LogP contribution is -2.48. The molecule has 0 bridgehead atoms. The predicted octanol–water partition coefficient (Wildman–Crippen LogP) is 2.65. The van der Waals surface area contributed by atoms with Crippen molar-refractivity contribution < 1.29 is 19.6 Å². The Kier molecular flexibility index (Phi) is 5.54. The summed E-state index contributed by atoms with van der Waals surface area (Å²) in [6, 6.07) is 3.55. The summed E-state index contributed by atoms with van der Waals surface area (Å²) in [4.78, 5) is 35.4. The van der Waals surface area contributed by atoms with E-state index in [-0.39, 0.29) is 29.5 Å². The van der Waals surface area contributed by atoms with Gasteiger partial charge in [-0.2, -0.15) is 0 Å². The number of hydrogen-bond acceptors (Lipinski definition) is 4. The lowest BCUT2D eigenvalue weighted by atomic mass is 10.0. The largest absolute Gasteiger partial charge is 0.480 e. The van der Waals surface area contributed by atoms with Gasteiger partial charge in [-0.15, -0.1) is 0 Å². The van der Waals surface area contributed by atoms with E-state index in [0.29, 0.717) is 18.5 Å². The van der Waals surface area contributed by atoms with Crippen LogP contribution in [0.3, 0.4) is 0 Å². The van der Waals surface area contributed by atoms with E-state index >= 15 is 0 Å². The van der Waals surface area contributed by atoms with Crippen LogP contribution in [0.1, 0.15) is 31.2 Å². The number of likely N-dealkylation sites (tertiary alicyclic amines) is 1. The minimum atomic E-state index is -1.01. The number of carboxylic acids is 1. The molecule has 0 radical (unpaired) electrons. The van der Waals surface area contributed by atoms with E-state index < -0.39 is 16.9 Å². The van der Waals surface area contributed by atoms with Crippen molar-refractivity contribution in [1.29, 1.82) is 0 Å². The summed E-state index contributed by atoms with van der Waals surface area (Å²) in [7, 11) is 0. The van der Waals surface area contributed by atoms with Gasteiger partial charge in [-0.25, -0.2) is 4.79 Å². The second-order valence-corrected chi connectivity index (χ2v) is 5.84. The van der Waals surface area contributed by atoms with Crippen LogP contribution in [0.4, 0.5) is 5.69 Å². The third-order valence-corrected chi connectivity index (χ3v) is 4.34. The maximum atomic E-state index is 12.3. The third kappa shape index (κ3) is 3.98. The van der Waals surface area contributed by atoms with Gasteiger partial charge in [0.2, 0.25) is 5.91 Å². The molecule has 0 saturated carbocycles. The molecule has 1 atom stereocenters. The first kappa shape index (κ1) is 17.2. The second-order valence-electron chi connectivity index (χ2n) is 5.43. The number of amides is 1. The van der Waals surface area contributed by atoms with Crippen LogP contribution in [-0.2, 0) is 16.0 Å². The van der Waals surface area contributed by atoms with Gasteiger partial charge in [-0.3, -0.25) is 14.9 Å². The van der Waals surface area contributed by atoms with Gasteiger partial charge in [0.1, 0.15) is 6.04 Å². The number of rotatable bonds is 5. The van der Waals surface area contributed by atoms with Crippen molar-refractivity contribution in [2.75, 3.05) is 6.54 Å². The van der Waals surface area contributed by atoms with Crippen LogP contribution < -0.4 is 0 Å². The van der Waals surface area contributed by atoms with E-state index in [1.54, 1.807) is 0 Å². The lowest BCUT2D eigenvalue weighted by Gasteiger charge is -2.33. The second kappa shape index (κ2) is 7.41. The molecule has 1 heterocycles. The van der Waals surface area contributed by atoms with Crippen molar-refractivity contribution in [3.05, 3.63) is 38.9 Å². The van der Waals surface area contributed by atoms with Gasteiger partial charge in [0.25, 0.3) is 5.69 Å². The number of hydrogen-bond donors (Lipinski definition) is 1. The lowest BCUT2D eigenvalue weighted by molar-refractivity contribution is -0.385. The molecule has 8 heteroatoms. The van der Waals surface area contributed by atoms with Crippen LogP contribution in [0, 0.1) is 10.1 Å². The standard InChI is InChI=1S/C15H17ClN2O5/c16-11-4-3-6-12(18(22)23)10(11)7-8-14(19)17-9-2-1-5-13(17)15(20)21/h3-4,6,13H,1-2,5,7-9H2,(H,20,21)/t13-/m0/s1. The first-order valence-corrected chi connectivity index (χ1v) is 7.73. The molecule has 1 saturated heterocycles. The molecular weight excluding hydrogens is 324 g/mol. The Labute approximate surface area is 138 Å². The van der Waals surface area contributed by atoms with Crippen LogP contribution >= 0.6 is 11.6 Å². The minimum absolute atomic E-state index is 0.00560. The molecule has 0 unspecified atom stereocenters. The van der Waals surface area contributed by atoms with Crippen LogP contribution in [-0.4, -0.2) is 39.4 Å². The number of halogens is 1. The van der Waals surface area contributed by atoms with Crippen molar-refractivity contribution in [3.8, 4) is 0 Å². The van der Waals surface area contributed by atoms with Gasteiger partial charge < -0.3 is 10.0 Å². The molecule has 23 heavy (non-hydrogen) atoms. The van der Waals surface area contributed by atoms with E-state index in [2.05, 4.69) is 0 Å². The Morgan fingerprint density at radius 3 is 2.78 bits per heavy atom. The highest BCUT2D eigenvalue weighted by molar-refractivity contribution is 6.31. The van der Waals surface area contributed by atoms with E-state index in [1.807, 2.05) is 0 Å². The van der Waals surface area contributed by atoms with Gasteiger partial charge in [0.15, 0.2) is 0 Å². The number of carbonyl (C=O) groups excluding carboxylic acids is 1. The SMILES string of the molecule is O=C(O)[C@@H]1CCCCN1C(=O)CCc1c(Cl)cccc1[N+](=O)[O-]. The Morgan fingerprint density at radius 2 is 2.13 bits per heavy atom. The molecule has 0 aromatic heterocycles. The van der Waals surface area contributed by atoms with E-state index in [0.717, 1.165) is 12.8 Å². The zero-order valence-electron chi connectivity index (χ0n) is 12.4. The normalized spacial score (nSPS) is 17.8. The number of aliphatic carboxylic acids is 1. The molecular formula is C15H17ClN2O5. The summed E-state index contributed by atoms with van der Waals surface area (Å²) in [5, 5.41) is 20.5. The third-order valence-electron chi connectivity index (χ3n) is 3.99. The molecule has 124 valence electrons. The smallest absolute Gasteiger partial charge is 0.326 e. The number of piperidine rings is 1. The van der Waals surface area contributed by atoms with E-state index in [9.17, 15) is 24.8 Å². The molecule has 1 fully saturated rings. The maximum Gasteiger partial charge on any atom is 0.326 e. The number of carbonyl (C=O) groups is 2. The minimum Gasteiger partial charge on any atom is -0.480 e. The van der Waals surface area contributed by atoms with Crippen molar-refractivity contribution in [1.82, 2.24) is 4.90 Å². The average molecular weight is 341 g/mol. The molecule has 1 aromatic rings. The Bertz CT molecular complexity index is 634. The molecule has 1 aliphatic heterocycles. The molecule has 7 nitrogen and oxygen atoms in total. The predicted molar refractivity (Wildman–Crippen MR) is 83.4 cm³/mol. The Hall–Kier alpha value is -2.15. The van der Waals surface area contributed by atoms with Crippen LogP contribution in [0.25, 0.3) is 0 Å². The maximum absolute atomic E-state index is 12.3. The summed E-state index contributed by atoms with van der Waals surface area (Å²) in [6.45, 7) is 0.403. The summed E-state index contributed by atoms with van der Waals surface area (Å²) in [5.41, 5.74) is 0.176. The van der Waals surface area contributed by atoms with Gasteiger partial charge in [-0.1, -0.05) is 17.7 Å². The summed E-state index contributed by atoms with van der Waals surface area (Å²) in [5.74, 6) is -1.33. The highest BCUT2D eigenvalue weighted by Gasteiger charge is 2.31. The van der Waals surface area contributed by atoms with Crippen LogP contribution in [0.15, 0.2) is 18.2 Å². The highest BCUT2D eigenvalue weighted by Crippen LogP contribution is 2.28. The first-order chi connectivity index (χ1) is 10.9. The molecule has 1 N–H and O–H groups in total. The molecule has 0 spiro atoms. The van der Waals surface area contributed by atoms with Crippen molar-refractivity contribution >= 4 is 29.2 Å². The van der Waals surface area contributed by atoms with Crippen molar-refractivity contribution in [2.24, 2.45) is 0 Å². The fraction of sp³-hybridized carbons (Fsp3) is 0.467. The number of benzene rings is 1. The van der Waals surface area contributed by atoms with Crippen molar-refractivity contribution in [2.45, 2.75) is 38.1 Å². The Balaban J connectivity index is 2.10. The molecule has 1 aliphatic rings. The van der Waals surface area contributed by atoms with Gasteiger partial charge in [0, 0.05) is 24.6 Å². The van der Waals surface area contributed by atoms with Gasteiger partial charge in [-0.05, 0) is 31.7 Å². The van der Waals surface area contributed by atoms with Gasteiger partial charge in [0.05, 0.1) is 9.95 Å². The van der Waals surface area contributed by atoms with Gasteiger partial charge >= 0.3 is 5.97 Å². The summed E-state index contributed by atoms with van der Waals surface area (Å²) >= 11 is 6.00. The first-order valence-electron chi connectivity index (χ1n) is 7.36. The quantitative estimate of drug-likeness (QED) is 0.656. The highest BCUT2D eigenvalue weighted by atomic mass is 35.5. The topological polar surface area (TPSA) is 101 Å². The summed E-state index contributed by atoms with van der Waals surface area (Å²) in [6.07, 6.45) is 2.08. The molecule has 1 aromatic carbocycles. The van der Waals surface area contributed by atoms with E-state index in [1.165, 1.54) is 23.1 Å². The Morgan fingerprint density at radius 1 is 1.39 bits per heavy atom. The fourth-order valence-corrected chi connectivity index (χ4v) is 3.09. The monoisotopic (exact) mass is 340 g/mol. The zero-order valence-corrected chi connectivity index (χ0v) is 13.2. The molecule has 1 amide bonds. The zero-order chi connectivity index (χ0) is 17.0. The van der Waals surface area contributed by atoms with E-state index in [4.69, 9.17) is 11.6 Å². The average Bonchev–Trinajstić information content (AvgIpc) is 2.53. The summed E-state index contributed by atoms with van der Waals surface area (Å²) < 4.78 is 0. The number of nitro benzene ring substituents is 1. The molecule has 2 rings (SSSR count). The van der Waals surface area contributed by atoms with Crippen LogP contribution in [0.2, 0.25) is 5.02 Å². The number of nitrogens with zero attached hydrogens (tertiary/aromatic N) is 2.